The van der Waals surface area contributed by atoms with Crippen LogP contribution in [0.25, 0.3) is 0 Å². The summed E-state index contributed by atoms with van der Waals surface area (Å²) >= 11 is 5.81. The normalized spacial score (nSPS) is 10.3. The van der Waals surface area contributed by atoms with Gasteiger partial charge in [0, 0.05) is 11.4 Å². The Bertz CT molecular complexity index is 663. The highest BCUT2D eigenvalue weighted by Crippen LogP contribution is 2.22. The second kappa shape index (κ2) is 5.79. The lowest BCUT2D eigenvalue weighted by Gasteiger charge is -2.07. The smallest absolute Gasteiger partial charge is 0.337 e. The SMILES string of the molecule is CCc1ccc(C(=O)Nc2cc(Cl)ccc2C(=O)O)o1. The van der Waals surface area contributed by atoms with E-state index in [0.29, 0.717) is 17.2 Å². The van der Waals surface area contributed by atoms with Crippen molar-refractivity contribution in [2.75, 3.05) is 5.32 Å². The number of hydrogen-bond donors (Lipinski definition) is 2. The summed E-state index contributed by atoms with van der Waals surface area (Å²) in [5.41, 5.74) is 0.0921. The zero-order valence-corrected chi connectivity index (χ0v) is 11.4. The van der Waals surface area contributed by atoms with E-state index < -0.39 is 11.9 Å². The molecule has 104 valence electrons. The van der Waals surface area contributed by atoms with E-state index in [2.05, 4.69) is 5.32 Å². The second-order valence-corrected chi connectivity index (χ2v) is 4.51. The fraction of sp³-hybridized carbons (Fsp3) is 0.143. The maximum absolute atomic E-state index is 12.0. The van der Waals surface area contributed by atoms with Crippen LogP contribution in [0.5, 0.6) is 0 Å². The minimum Gasteiger partial charge on any atom is -0.478 e. The molecular weight excluding hydrogens is 282 g/mol. The Morgan fingerprint density at radius 2 is 2.05 bits per heavy atom. The lowest BCUT2D eigenvalue weighted by Crippen LogP contribution is -2.14. The predicted octanol–water partition coefficient (Wildman–Crippen LogP) is 3.45. The van der Waals surface area contributed by atoms with Crippen molar-refractivity contribution in [1.29, 1.82) is 0 Å². The van der Waals surface area contributed by atoms with Gasteiger partial charge in [-0.3, -0.25) is 4.79 Å². The summed E-state index contributed by atoms with van der Waals surface area (Å²) < 4.78 is 5.30. The van der Waals surface area contributed by atoms with Crippen LogP contribution < -0.4 is 5.32 Å². The van der Waals surface area contributed by atoms with Crippen molar-refractivity contribution in [2.45, 2.75) is 13.3 Å². The second-order valence-electron chi connectivity index (χ2n) is 4.07. The summed E-state index contributed by atoms with van der Waals surface area (Å²) in [5, 5.41) is 11.9. The average Bonchev–Trinajstić information content (AvgIpc) is 2.87. The van der Waals surface area contributed by atoms with Gasteiger partial charge in [-0.1, -0.05) is 18.5 Å². The molecule has 0 bridgehead atoms. The van der Waals surface area contributed by atoms with Gasteiger partial charge < -0.3 is 14.8 Å². The van der Waals surface area contributed by atoms with E-state index in [0.717, 1.165) is 0 Å². The first-order valence-corrected chi connectivity index (χ1v) is 6.32. The first-order valence-electron chi connectivity index (χ1n) is 5.94. The monoisotopic (exact) mass is 293 g/mol. The Morgan fingerprint density at radius 3 is 2.65 bits per heavy atom. The van der Waals surface area contributed by atoms with Gasteiger partial charge in [-0.25, -0.2) is 4.79 Å². The third-order valence-corrected chi connectivity index (χ3v) is 2.93. The van der Waals surface area contributed by atoms with E-state index in [9.17, 15) is 9.59 Å². The number of hydrogen-bond acceptors (Lipinski definition) is 3. The molecule has 0 saturated heterocycles. The van der Waals surface area contributed by atoms with Crippen LogP contribution in [0.4, 0.5) is 5.69 Å². The van der Waals surface area contributed by atoms with Crippen molar-refractivity contribution in [3.8, 4) is 0 Å². The average molecular weight is 294 g/mol. The molecule has 0 radical (unpaired) electrons. The van der Waals surface area contributed by atoms with Gasteiger partial charge in [0.1, 0.15) is 5.76 Å². The number of aromatic carboxylic acids is 1. The van der Waals surface area contributed by atoms with Crippen LogP contribution >= 0.6 is 11.6 Å². The van der Waals surface area contributed by atoms with Crippen molar-refractivity contribution in [3.63, 3.8) is 0 Å². The molecule has 2 aromatic rings. The van der Waals surface area contributed by atoms with E-state index in [-0.39, 0.29) is 17.0 Å². The van der Waals surface area contributed by atoms with Gasteiger partial charge in [0.25, 0.3) is 5.91 Å². The molecule has 0 spiro atoms. The first-order chi connectivity index (χ1) is 9.51. The summed E-state index contributed by atoms with van der Waals surface area (Å²) in [5.74, 6) is -0.863. The molecule has 0 aliphatic heterocycles. The van der Waals surface area contributed by atoms with E-state index >= 15 is 0 Å². The summed E-state index contributed by atoms with van der Waals surface area (Å²) in [7, 11) is 0. The Balaban J connectivity index is 2.27. The number of furan rings is 1. The predicted molar refractivity (Wildman–Crippen MR) is 74.5 cm³/mol. The van der Waals surface area contributed by atoms with Crippen LogP contribution in [0.2, 0.25) is 5.02 Å². The van der Waals surface area contributed by atoms with Crippen LogP contribution in [0, 0.1) is 0 Å². The van der Waals surface area contributed by atoms with Crippen molar-refractivity contribution in [1.82, 2.24) is 0 Å². The fourth-order valence-electron chi connectivity index (χ4n) is 1.68. The highest BCUT2D eigenvalue weighted by atomic mass is 35.5. The third-order valence-electron chi connectivity index (χ3n) is 2.69. The van der Waals surface area contributed by atoms with E-state index in [1.165, 1.54) is 18.2 Å². The zero-order chi connectivity index (χ0) is 14.7. The molecule has 0 aliphatic carbocycles. The maximum atomic E-state index is 12.0. The van der Waals surface area contributed by atoms with Gasteiger partial charge in [-0.2, -0.15) is 0 Å². The van der Waals surface area contributed by atoms with E-state index in [1.807, 2.05) is 6.92 Å². The van der Waals surface area contributed by atoms with Crippen LogP contribution in [0.15, 0.2) is 34.7 Å². The lowest BCUT2D eigenvalue weighted by atomic mass is 10.1. The van der Waals surface area contributed by atoms with Crippen LogP contribution in [-0.2, 0) is 6.42 Å². The minimum atomic E-state index is -1.15. The van der Waals surface area contributed by atoms with E-state index in [1.54, 1.807) is 12.1 Å². The van der Waals surface area contributed by atoms with Gasteiger partial charge >= 0.3 is 5.97 Å². The quantitative estimate of drug-likeness (QED) is 0.905. The summed E-state index contributed by atoms with van der Waals surface area (Å²) in [4.78, 5) is 23.1. The largest absolute Gasteiger partial charge is 0.478 e. The number of carboxylic acids is 1. The molecule has 1 aromatic heterocycles. The number of rotatable bonds is 4. The molecule has 0 saturated carbocycles. The number of amides is 1. The Labute approximate surface area is 120 Å². The highest BCUT2D eigenvalue weighted by molar-refractivity contribution is 6.31. The molecule has 1 aromatic carbocycles. The van der Waals surface area contributed by atoms with Gasteiger partial charge in [0.05, 0.1) is 11.3 Å². The molecule has 0 fully saturated rings. The fourth-order valence-corrected chi connectivity index (χ4v) is 1.85. The van der Waals surface area contributed by atoms with Crippen LogP contribution in [-0.4, -0.2) is 17.0 Å². The molecule has 0 atom stereocenters. The lowest BCUT2D eigenvalue weighted by molar-refractivity contribution is 0.0698. The standard InChI is InChI=1S/C14H12ClNO4/c1-2-9-4-6-12(20-9)13(17)16-11-7-8(15)3-5-10(11)14(18)19/h3-7H,2H2,1H3,(H,16,17)(H,18,19). The van der Waals surface area contributed by atoms with Crippen molar-refractivity contribution in [2.24, 2.45) is 0 Å². The third kappa shape index (κ3) is 3.00. The number of carbonyl (C=O) groups excluding carboxylic acids is 1. The molecule has 2 rings (SSSR count). The van der Waals surface area contributed by atoms with Gasteiger partial charge in [0.2, 0.25) is 0 Å². The molecule has 6 heteroatoms. The molecule has 1 heterocycles. The van der Waals surface area contributed by atoms with Crippen molar-refractivity contribution in [3.05, 3.63) is 52.4 Å². The molecule has 0 unspecified atom stereocenters. The molecule has 1 amide bonds. The molecule has 2 N–H and O–H groups in total. The first kappa shape index (κ1) is 14.1. The number of carbonyl (C=O) groups is 2. The Morgan fingerprint density at radius 1 is 1.30 bits per heavy atom. The summed E-state index contributed by atoms with van der Waals surface area (Å²) in [6.45, 7) is 1.90. The number of aryl methyl sites for hydroxylation is 1. The molecule has 0 aliphatic rings. The molecule has 5 nitrogen and oxygen atoms in total. The van der Waals surface area contributed by atoms with Crippen molar-refractivity contribution >= 4 is 29.2 Å². The van der Waals surface area contributed by atoms with E-state index in [4.69, 9.17) is 21.1 Å². The Hall–Kier alpha value is -2.27. The van der Waals surface area contributed by atoms with Crippen molar-refractivity contribution < 1.29 is 19.1 Å². The molecular formula is C14H12ClNO4. The van der Waals surface area contributed by atoms with Crippen LogP contribution in [0.1, 0.15) is 33.6 Å². The highest BCUT2D eigenvalue weighted by Gasteiger charge is 2.16. The number of carboxylic acid groups (broad SMARTS) is 1. The summed E-state index contributed by atoms with van der Waals surface area (Å²) in [6, 6.07) is 7.40. The zero-order valence-electron chi connectivity index (χ0n) is 10.6. The number of halogens is 1. The topological polar surface area (TPSA) is 79.5 Å². The van der Waals surface area contributed by atoms with Gasteiger partial charge in [-0.15, -0.1) is 0 Å². The maximum Gasteiger partial charge on any atom is 0.337 e. The number of benzene rings is 1. The minimum absolute atomic E-state index is 0.0370. The molecule has 20 heavy (non-hydrogen) atoms. The van der Waals surface area contributed by atoms with Gasteiger partial charge in [0.15, 0.2) is 5.76 Å². The summed E-state index contributed by atoms with van der Waals surface area (Å²) in [6.07, 6.45) is 0.671. The Kier molecular flexibility index (Phi) is 4.10. The van der Waals surface area contributed by atoms with Crippen LogP contribution in [0.3, 0.4) is 0 Å². The number of anilines is 1. The number of nitrogens with one attached hydrogen (secondary N) is 1. The van der Waals surface area contributed by atoms with Gasteiger partial charge in [-0.05, 0) is 30.3 Å².